The minimum Gasteiger partial charge on any atom is -0.396 e. The Balaban J connectivity index is 2.03. The van der Waals surface area contributed by atoms with Gasteiger partial charge in [-0.1, -0.05) is 11.6 Å². The van der Waals surface area contributed by atoms with Crippen LogP contribution in [0.3, 0.4) is 0 Å². The quantitative estimate of drug-likeness (QED) is 0.880. The van der Waals surface area contributed by atoms with Crippen molar-refractivity contribution in [3.8, 4) is 0 Å². The number of halogens is 1. The van der Waals surface area contributed by atoms with Crippen molar-refractivity contribution < 1.29 is 0 Å². The molecule has 2 rings (SSSR count). The molecule has 0 radical (unpaired) electrons. The van der Waals surface area contributed by atoms with Gasteiger partial charge in [-0.3, -0.25) is 0 Å². The molecule has 1 aromatic rings. The standard InChI is InChI=1S/C12H19ClN4/c1-8(2)17-5-3-9(4-6-17)11-7-10(14)12(13)16-15-11/h7-9H,3-6H2,1-2H3,(H2,14,15). The molecule has 94 valence electrons. The van der Waals surface area contributed by atoms with E-state index in [9.17, 15) is 0 Å². The van der Waals surface area contributed by atoms with Crippen molar-refractivity contribution in [1.29, 1.82) is 0 Å². The van der Waals surface area contributed by atoms with Gasteiger partial charge < -0.3 is 10.6 Å². The first kappa shape index (κ1) is 12.6. The SMILES string of the molecule is CC(C)N1CCC(c2cc(N)c(Cl)nn2)CC1. The van der Waals surface area contributed by atoms with E-state index in [1.807, 2.05) is 6.07 Å². The third-order valence-electron chi connectivity index (χ3n) is 3.47. The van der Waals surface area contributed by atoms with Crippen LogP contribution in [0, 0.1) is 0 Å². The summed E-state index contributed by atoms with van der Waals surface area (Å²) in [6.45, 7) is 6.71. The fourth-order valence-electron chi connectivity index (χ4n) is 2.32. The molecular formula is C12H19ClN4. The Hall–Kier alpha value is -0.870. The van der Waals surface area contributed by atoms with E-state index in [0.717, 1.165) is 31.6 Å². The minimum atomic E-state index is 0.299. The molecule has 0 spiro atoms. The van der Waals surface area contributed by atoms with Gasteiger partial charge in [0.25, 0.3) is 0 Å². The molecular weight excluding hydrogens is 236 g/mol. The highest BCUT2D eigenvalue weighted by atomic mass is 35.5. The molecule has 1 aliphatic heterocycles. The van der Waals surface area contributed by atoms with Crippen molar-refractivity contribution in [3.63, 3.8) is 0 Å². The third-order valence-corrected chi connectivity index (χ3v) is 3.77. The fourth-order valence-corrected chi connectivity index (χ4v) is 2.41. The molecule has 0 bridgehead atoms. The Morgan fingerprint density at radius 2 is 2.00 bits per heavy atom. The van der Waals surface area contributed by atoms with Gasteiger partial charge >= 0.3 is 0 Å². The molecule has 2 N–H and O–H groups in total. The second-order valence-corrected chi connectivity index (χ2v) is 5.28. The van der Waals surface area contributed by atoms with Gasteiger partial charge in [0.1, 0.15) is 0 Å². The van der Waals surface area contributed by atoms with E-state index >= 15 is 0 Å². The monoisotopic (exact) mass is 254 g/mol. The summed E-state index contributed by atoms with van der Waals surface area (Å²) in [5.41, 5.74) is 7.27. The number of aromatic nitrogens is 2. The molecule has 1 aromatic heterocycles. The van der Waals surface area contributed by atoms with Gasteiger partial charge in [0.05, 0.1) is 11.4 Å². The van der Waals surface area contributed by atoms with Gasteiger partial charge in [-0.05, 0) is 45.8 Å². The molecule has 0 aliphatic carbocycles. The van der Waals surface area contributed by atoms with Gasteiger partial charge in [-0.15, -0.1) is 5.10 Å². The van der Waals surface area contributed by atoms with E-state index < -0.39 is 0 Å². The van der Waals surface area contributed by atoms with E-state index in [1.54, 1.807) is 0 Å². The van der Waals surface area contributed by atoms with Crippen molar-refractivity contribution in [2.45, 2.75) is 38.6 Å². The maximum absolute atomic E-state index is 5.78. The maximum Gasteiger partial charge on any atom is 0.174 e. The van der Waals surface area contributed by atoms with Crippen LogP contribution in [0.2, 0.25) is 5.15 Å². The fraction of sp³-hybridized carbons (Fsp3) is 0.667. The molecule has 2 heterocycles. The first-order chi connectivity index (χ1) is 8.08. The van der Waals surface area contributed by atoms with Crippen LogP contribution in [0.25, 0.3) is 0 Å². The molecule has 5 heteroatoms. The van der Waals surface area contributed by atoms with Crippen molar-refractivity contribution in [1.82, 2.24) is 15.1 Å². The van der Waals surface area contributed by atoms with Gasteiger partial charge in [-0.2, -0.15) is 5.10 Å². The smallest absolute Gasteiger partial charge is 0.174 e. The highest BCUT2D eigenvalue weighted by molar-refractivity contribution is 6.31. The third kappa shape index (κ3) is 2.87. The predicted molar refractivity (Wildman–Crippen MR) is 70.1 cm³/mol. The number of likely N-dealkylation sites (tertiary alicyclic amines) is 1. The van der Waals surface area contributed by atoms with E-state index in [1.165, 1.54) is 0 Å². The van der Waals surface area contributed by atoms with Gasteiger partial charge in [0.15, 0.2) is 5.15 Å². The van der Waals surface area contributed by atoms with Gasteiger partial charge in [0, 0.05) is 12.0 Å². The van der Waals surface area contributed by atoms with E-state index in [2.05, 4.69) is 28.9 Å². The molecule has 0 amide bonds. The summed E-state index contributed by atoms with van der Waals surface area (Å²) in [4.78, 5) is 2.49. The average molecular weight is 255 g/mol. The Labute approximate surface area is 107 Å². The highest BCUT2D eigenvalue weighted by Crippen LogP contribution is 2.29. The lowest BCUT2D eigenvalue weighted by Crippen LogP contribution is -2.38. The van der Waals surface area contributed by atoms with Crippen LogP contribution >= 0.6 is 11.6 Å². The topological polar surface area (TPSA) is 55.0 Å². The zero-order chi connectivity index (χ0) is 12.4. The summed E-state index contributed by atoms with van der Waals surface area (Å²) in [6.07, 6.45) is 2.24. The largest absolute Gasteiger partial charge is 0.396 e. The Bertz CT molecular complexity index is 386. The number of nitrogens with two attached hydrogens (primary N) is 1. The number of piperidine rings is 1. The molecule has 1 saturated heterocycles. The zero-order valence-corrected chi connectivity index (χ0v) is 11.1. The number of hydrogen-bond acceptors (Lipinski definition) is 4. The van der Waals surface area contributed by atoms with Crippen molar-refractivity contribution in [3.05, 3.63) is 16.9 Å². The zero-order valence-electron chi connectivity index (χ0n) is 10.4. The number of anilines is 1. The van der Waals surface area contributed by atoms with Crippen molar-refractivity contribution in [2.75, 3.05) is 18.8 Å². The molecule has 0 atom stereocenters. The van der Waals surface area contributed by atoms with Crippen molar-refractivity contribution >= 4 is 17.3 Å². The van der Waals surface area contributed by atoms with Crippen LogP contribution in [-0.2, 0) is 0 Å². The van der Waals surface area contributed by atoms with Crippen LogP contribution in [0.15, 0.2) is 6.07 Å². The molecule has 0 saturated carbocycles. The lowest BCUT2D eigenvalue weighted by atomic mass is 9.92. The number of nitrogens with zero attached hydrogens (tertiary/aromatic N) is 3. The lowest BCUT2D eigenvalue weighted by molar-refractivity contribution is 0.170. The number of hydrogen-bond donors (Lipinski definition) is 1. The summed E-state index contributed by atoms with van der Waals surface area (Å²) in [7, 11) is 0. The summed E-state index contributed by atoms with van der Waals surface area (Å²) >= 11 is 5.78. The summed E-state index contributed by atoms with van der Waals surface area (Å²) in [5, 5.41) is 8.34. The first-order valence-corrected chi connectivity index (χ1v) is 6.48. The van der Waals surface area contributed by atoms with E-state index in [-0.39, 0.29) is 0 Å². The van der Waals surface area contributed by atoms with Crippen LogP contribution in [0.1, 0.15) is 38.3 Å². The molecule has 0 unspecified atom stereocenters. The number of nitrogen functional groups attached to an aromatic ring is 1. The molecule has 0 aromatic carbocycles. The number of rotatable bonds is 2. The Morgan fingerprint density at radius 1 is 1.35 bits per heavy atom. The summed E-state index contributed by atoms with van der Waals surface area (Å²) in [5.74, 6) is 0.470. The van der Waals surface area contributed by atoms with Crippen LogP contribution < -0.4 is 5.73 Å². The molecule has 4 nitrogen and oxygen atoms in total. The first-order valence-electron chi connectivity index (χ1n) is 6.10. The Morgan fingerprint density at radius 3 is 2.53 bits per heavy atom. The van der Waals surface area contributed by atoms with Crippen molar-refractivity contribution in [2.24, 2.45) is 0 Å². The van der Waals surface area contributed by atoms with Crippen LogP contribution in [-0.4, -0.2) is 34.2 Å². The molecule has 1 fully saturated rings. The molecule has 17 heavy (non-hydrogen) atoms. The van der Waals surface area contributed by atoms with E-state index in [4.69, 9.17) is 17.3 Å². The second kappa shape index (κ2) is 5.19. The van der Waals surface area contributed by atoms with E-state index in [0.29, 0.717) is 22.8 Å². The second-order valence-electron chi connectivity index (χ2n) is 4.92. The summed E-state index contributed by atoms with van der Waals surface area (Å²) in [6, 6.07) is 2.49. The maximum atomic E-state index is 5.78. The highest BCUT2D eigenvalue weighted by Gasteiger charge is 2.23. The normalized spacial score (nSPS) is 18.8. The van der Waals surface area contributed by atoms with Gasteiger partial charge in [0.2, 0.25) is 0 Å². The summed E-state index contributed by atoms with van der Waals surface area (Å²) < 4.78 is 0. The molecule has 1 aliphatic rings. The van der Waals surface area contributed by atoms with Crippen LogP contribution in [0.5, 0.6) is 0 Å². The van der Waals surface area contributed by atoms with Crippen LogP contribution in [0.4, 0.5) is 5.69 Å². The average Bonchev–Trinajstić information content (AvgIpc) is 2.33. The predicted octanol–water partition coefficient (Wildman–Crippen LogP) is 2.30. The van der Waals surface area contributed by atoms with Gasteiger partial charge in [-0.25, -0.2) is 0 Å². The Kier molecular flexibility index (Phi) is 3.84. The lowest BCUT2D eigenvalue weighted by Gasteiger charge is -2.34. The minimum absolute atomic E-state index is 0.299.